The average molecular weight is 353 g/mol. The highest BCUT2D eigenvalue weighted by Gasteiger charge is 2.35. The lowest BCUT2D eigenvalue weighted by atomic mass is 10.0. The third-order valence-electron chi connectivity index (χ3n) is 4.49. The summed E-state index contributed by atoms with van der Waals surface area (Å²) in [5.41, 5.74) is 0.634. The standard InChI is InChI=1S/C17H22F3N5/c1-4-25-10-13(12(3)23-25)14-8-15(17(18,19)20)22-16(21-14)24-7-5-6-11(2)9-24/h8,10-11H,4-7,9H2,1-3H3/t11-/m1/s1. The van der Waals surface area contributed by atoms with Crippen LogP contribution in [0.2, 0.25) is 0 Å². The lowest BCUT2D eigenvalue weighted by molar-refractivity contribution is -0.141. The quantitative estimate of drug-likeness (QED) is 0.839. The second-order valence-corrected chi connectivity index (χ2v) is 6.61. The molecule has 1 fully saturated rings. The molecule has 0 aliphatic carbocycles. The molecule has 25 heavy (non-hydrogen) atoms. The molecular weight excluding hydrogens is 331 g/mol. The van der Waals surface area contributed by atoms with E-state index in [2.05, 4.69) is 22.0 Å². The first-order valence-electron chi connectivity index (χ1n) is 8.53. The van der Waals surface area contributed by atoms with Crippen LogP contribution in [0.1, 0.15) is 38.1 Å². The van der Waals surface area contributed by atoms with Crippen LogP contribution in [0.5, 0.6) is 0 Å². The summed E-state index contributed by atoms with van der Waals surface area (Å²) in [5.74, 6) is 0.569. The SMILES string of the molecule is CCn1cc(-c2cc(C(F)(F)F)nc(N3CCC[C@@H](C)C3)n2)c(C)n1. The molecule has 0 saturated carbocycles. The van der Waals surface area contributed by atoms with Crippen molar-refractivity contribution >= 4 is 5.95 Å². The Morgan fingerprint density at radius 3 is 2.64 bits per heavy atom. The minimum atomic E-state index is -4.51. The van der Waals surface area contributed by atoms with E-state index in [1.54, 1.807) is 17.8 Å². The van der Waals surface area contributed by atoms with Gasteiger partial charge in [-0.1, -0.05) is 6.92 Å². The van der Waals surface area contributed by atoms with Gasteiger partial charge in [-0.3, -0.25) is 4.68 Å². The van der Waals surface area contributed by atoms with Crippen molar-refractivity contribution in [3.8, 4) is 11.3 Å². The highest BCUT2D eigenvalue weighted by atomic mass is 19.4. The van der Waals surface area contributed by atoms with E-state index < -0.39 is 11.9 Å². The summed E-state index contributed by atoms with van der Waals surface area (Å²) in [6.45, 7) is 7.80. The normalized spacial score (nSPS) is 18.6. The van der Waals surface area contributed by atoms with Gasteiger partial charge in [0.25, 0.3) is 0 Å². The van der Waals surface area contributed by atoms with E-state index in [0.29, 0.717) is 36.8 Å². The molecular formula is C17H22F3N5. The Bertz CT molecular complexity index is 753. The van der Waals surface area contributed by atoms with Crippen LogP contribution in [-0.2, 0) is 12.7 Å². The first-order chi connectivity index (χ1) is 11.8. The number of anilines is 1. The molecule has 2 aromatic heterocycles. The highest BCUT2D eigenvalue weighted by molar-refractivity contribution is 5.63. The number of halogens is 3. The van der Waals surface area contributed by atoms with Crippen molar-refractivity contribution in [3.05, 3.63) is 23.7 Å². The predicted molar refractivity (Wildman–Crippen MR) is 89.3 cm³/mol. The van der Waals surface area contributed by atoms with Crippen molar-refractivity contribution in [1.29, 1.82) is 0 Å². The maximum absolute atomic E-state index is 13.3. The van der Waals surface area contributed by atoms with Crippen molar-refractivity contribution in [3.63, 3.8) is 0 Å². The van der Waals surface area contributed by atoms with Crippen LogP contribution < -0.4 is 4.90 Å². The summed E-state index contributed by atoms with van der Waals surface area (Å²) in [6.07, 6.45) is -0.767. The van der Waals surface area contributed by atoms with E-state index in [0.717, 1.165) is 18.9 Å². The molecule has 0 radical (unpaired) electrons. The molecule has 8 heteroatoms. The van der Waals surface area contributed by atoms with Gasteiger partial charge in [-0.05, 0) is 38.7 Å². The molecule has 0 unspecified atom stereocenters. The summed E-state index contributed by atoms with van der Waals surface area (Å²) in [6, 6.07) is 1.01. The van der Waals surface area contributed by atoms with Crippen molar-refractivity contribution in [1.82, 2.24) is 19.7 Å². The number of rotatable bonds is 3. The Kier molecular flexibility index (Phi) is 4.71. The van der Waals surface area contributed by atoms with E-state index in [9.17, 15) is 13.2 Å². The zero-order valence-electron chi connectivity index (χ0n) is 14.6. The fraction of sp³-hybridized carbons (Fsp3) is 0.588. The minimum absolute atomic E-state index is 0.153. The molecule has 136 valence electrons. The summed E-state index contributed by atoms with van der Waals surface area (Å²) >= 11 is 0. The minimum Gasteiger partial charge on any atom is -0.341 e. The molecule has 0 aromatic carbocycles. The third-order valence-corrected chi connectivity index (χ3v) is 4.49. The molecule has 0 spiro atoms. The molecule has 3 rings (SSSR count). The molecule has 1 atom stereocenters. The molecule has 2 aromatic rings. The third kappa shape index (κ3) is 3.77. The van der Waals surface area contributed by atoms with Crippen molar-refractivity contribution in [2.75, 3.05) is 18.0 Å². The Morgan fingerprint density at radius 1 is 1.28 bits per heavy atom. The van der Waals surface area contributed by atoms with Crippen LogP contribution in [0.25, 0.3) is 11.3 Å². The summed E-state index contributed by atoms with van der Waals surface area (Å²) in [7, 11) is 0. The number of nitrogens with zero attached hydrogens (tertiary/aromatic N) is 5. The maximum Gasteiger partial charge on any atom is 0.433 e. The molecule has 0 N–H and O–H groups in total. The Morgan fingerprint density at radius 2 is 2.04 bits per heavy atom. The number of piperidine rings is 1. The van der Waals surface area contributed by atoms with Gasteiger partial charge >= 0.3 is 6.18 Å². The second kappa shape index (κ2) is 6.65. The van der Waals surface area contributed by atoms with Crippen LogP contribution in [-0.4, -0.2) is 32.8 Å². The summed E-state index contributed by atoms with van der Waals surface area (Å²) in [4.78, 5) is 10.1. The molecule has 1 aliphatic heterocycles. The molecule has 5 nitrogen and oxygen atoms in total. The predicted octanol–water partition coefficient (Wildman–Crippen LogP) is 3.92. The summed E-state index contributed by atoms with van der Waals surface area (Å²) in [5, 5.41) is 4.31. The van der Waals surface area contributed by atoms with Gasteiger partial charge in [0.2, 0.25) is 5.95 Å². The lowest BCUT2D eigenvalue weighted by Gasteiger charge is -2.31. The number of alkyl halides is 3. The first kappa shape index (κ1) is 17.7. The Hall–Kier alpha value is -2.12. The molecule has 1 aliphatic rings. The molecule has 3 heterocycles. The molecule has 0 amide bonds. The number of hydrogen-bond donors (Lipinski definition) is 0. The number of aromatic nitrogens is 4. The van der Waals surface area contributed by atoms with Crippen LogP contribution in [0.3, 0.4) is 0 Å². The monoisotopic (exact) mass is 353 g/mol. The van der Waals surface area contributed by atoms with E-state index in [4.69, 9.17) is 0 Å². The van der Waals surface area contributed by atoms with Crippen molar-refractivity contribution < 1.29 is 13.2 Å². The fourth-order valence-electron chi connectivity index (χ4n) is 3.16. The van der Waals surface area contributed by atoms with E-state index >= 15 is 0 Å². The first-order valence-corrected chi connectivity index (χ1v) is 8.53. The van der Waals surface area contributed by atoms with Crippen LogP contribution in [0.15, 0.2) is 12.3 Å². The fourth-order valence-corrected chi connectivity index (χ4v) is 3.16. The van der Waals surface area contributed by atoms with Crippen molar-refractivity contribution in [2.45, 2.75) is 46.3 Å². The van der Waals surface area contributed by atoms with Crippen LogP contribution in [0.4, 0.5) is 19.1 Å². The van der Waals surface area contributed by atoms with Gasteiger partial charge in [-0.25, -0.2) is 9.97 Å². The van der Waals surface area contributed by atoms with Gasteiger partial charge < -0.3 is 4.90 Å². The van der Waals surface area contributed by atoms with Crippen LogP contribution in [0, 0.1) is 12.8 Å². The van der Waals surface area contributed by atoms with Gasteiger partial charge in [-0.15, -0.1) is 0 Å². The molecule has 0 bridgehead atoms. The summed E-state index contributed by atoms with van der Waals surface area (Å²) < 4.78 is 41.7. The van der Waals surface area contributed by atoms with Gasteiger partial charge in [0.15, 0.2) is 5.69 Å². The van der Waals surface area contributed by atoms with Gasteiger partial charge in [-0.2, -0.15) is 18.3 Å². The zero-order chi connectivity index (χ0) is 18.2. The van der Waals surface area contributed by atoms with E-state index in [1.165, 1.54) is 0 Å². The lowest BCUT2D eigenvalue weighted by Crippen LogP contribution is -2.36. The van der Waals surface area contributed by atoms with Gasteiger partial charge in [0.05, 0.1) is 11.4 Å². The second-order valence-electron chi connectivity index (χ2n) is 6.61. The van der Waals surface area contributed by atoms with Crippen molar-refractivity contribution in [2.24, 2.45) is 5.92 Å². The van der Waals surface area contributed by atoms with E-state index in [-0.39, 0.29) is 11.6 Å². The maximum atomic E-state index is 13.3. The van der Waals surface area contributed by atoms with Crippen LogP contribution >= 0.6 is 0 Å². The van der Waals surface area contributed by atoms with Gasteiger partial charge in [0.1, 0.15) is 0 Å². The number of hydrogen-bond acceptors (Lipinski definition) is 4. The molecule has 1 saturated heterocycles. The smallest absolute Gasteiger partial charge is 0.341 e. The average Bonchev–Trinajstić information content (AvgIpc) is 2.95. The zero-order valence-corrected chi connectivity index (χ0v) is 14.6. The van der Waals surface area contributed by atoms with Gasteiger partial charge in [0, 0.05) is 31.4 Å². The Labute approximate surface area is 144 Å². The topological polar surface area (TPSA) is 46.8 Å². The largest absolute Gasteiger partial charge is 0.433 e. The van der Waals surface area contributed by atoms with E-state index in [1.807, 2.05) is 11.8 Å². The Balaban J connectivity index is 2.08. The number of aryl methyl sites for hydroxylation is 2. The highest BCUT2D eigenvalue weighted by Crippen LogP contribution is 2.33.